The molecule has 146 valence electrons. The number of aliphatic imine (C=N–C) groups is 1. The van der Waals surface area contributed by atoms with Crippen molar-refractivity contribution >= 4 is 54.3 Å². The van der Waals surface area contributed by atoms with Gasteiger partial charge in [-0.3, -0.25) is 0 Å². The molecule has 1 saturated heterocycles. The van der Waals surface area contributed by atoms with E-state index < -0.39 is 22.8 Å². The average molecular weight is 468 g/mol. The average Bonchev–Trinajstić information content (AvgIpc) is 3.23. The first kappa shape index (κ1) is 19.3. The van der Waals surface area contributed by atoms with Gasteiger partial charge in [0.1, 0.15) is 0 Å². The molecule has 1 fully saturated rings. The summed E-state index contributed by atoms with van der Waals surface area (Å²) in [6.07, 6.45) is 2.35. The molecule has 1 aliphatic rings. The molecule has 1 aliphatic heterocycles. The normalized spacial score (nSPS) is 25.0. The molecule has 0 bridgehead atoms. The van der Waals surface area contributed by atoms with Gasteiger partial charge < -0.3 is 0 Å². The molecular weight excluding hydrogens is 450 g/mol. The summed E-state index contributed by atoms with van der Waals surface area (Å²) in [4.78, 5) is 18.4. The van der Waals surface area contributed by atoms with Crippen LogP contribution in [-0.4, -0.2) is 71.5 Å². The number of nitrogens with zero attached hydrogens (tertiary/aromatic N) is 6. The standard InChI is InChI=1S/C18H18ClFN6OSe/c1-25(2)9-24-16-13-17(22-8-21-16)26(10-23-13)18-12(20)14(15(19)27-18)28-11-6-4-3-5-7-11/h3-10,12,14-15,18H,1-2H3/t12-,14-,15-,18+/m0/s1. The van der Waals surface area contributed by atoms with Crippen LogP contribution in [0.2, 0.25) is 4.82 Å². The van der Waals surface area contributed by atoms with Crippen molar-refractivity contribution in [3.63, 3.8) is 0 Å². The summed E-state index contributed by atoms with van der Waals surface area (Å²) in [7, 11) is 3.71. The van der Waals surface area contributed by atoms with Crippen molar-refractivity contribution < 1.29 is 9.13 Å². The van der Waals surface area contributed by atoms with Crippen LogP contribution in [0.4, 0.5) is 10.2 Å². The van der Waals surface area contributed by atoms with Gasteiger partial charge in [0.25, 0.3) is 0 Å². The molecule has 0 unspecified atom stereocenters. The van der Waals surface area contributed by atoms with E-state index in [4.69, 9.17) is 16.3 Å². The fourth-order valence-electron chi connectivity index (χ4n) is 2.88. The zero-order valence-corrected chi connectivity index (χ0v) is 17.7. The number of aromatic nitrogens is 4. The summed E-state index contributed by atoms with van der Waals surface area (Å²) in [5.41, 5.74) is 0.232. The van der Waals surface area contributed by atoms with Gasteiger partial charge in [-0.05, 0) is 0 Å². The second kappa shape index (κ2) is 8.13. The molecule has 0 saturated carbocycles. The molecule has 0 radical (unpaired) electrons. The Morgan fingerprint density at radius 1 is 1.25 bits per heavy atom. The van der Waals surface area contributed by atoms with Gasteiger partial charge in [0.05, 0.1) is 0 Å². The Balaban J connectivity index is 1.62. The van der Waals surface area contributed by atoms with E-state index in [1.54, 1.807) is 15.8 Å². The van der Waals surface area contributed by atoms with Crippen LogP contribution in [0.25, 0.3) is 11.2 Å². The summed E-state index contributed by atoms with van der Waals surface area (Å²) in [6, 6.07) is 9.79. The summed E-state index contributed by atoms with van der Waals surface area (Å²) >= 11 is 6.20. The van der Waals surface area contributed by atoms with E-state index in [1.165, 1.54) is 12.7 Å². The summed E-state index contributed by atoms with van der Waals surface area (Å²) in [6.45, 7) is 0. The SMILES string of the molecule is CN(C)C=Nc1ncnc2c1ncn2[C@@H]1O[C@H](Cl)[C@@H]([Se]c2ccccc2)[C@@H]1F. The summed E-state index contributed by atoms with van der Waals surface area (Å²) in [5.74, 6) is 0.415. The molecule has 4 rings (SSSR count). The Bertz CT molecular complexity index is 985. The Hall–Kier alpha value is -2.06. The first-order valence-electron chi connectivity index (χ1n) is 8.58. The van der Waals surface area contributed by atoms with Gasteiger partial charge >= 0.3 is 173 Å². The van der Waals surface area contributed by atoms with Crippen LogP contribution < -0.4 is 4.46 Å². The minimum absolute atomic E-state index is 0.158. The Kier molecular flexibility index (Phi) is 5.59. The van der Waals surface area contributed by atoms with E-state index >= 15 is 4.39 Å². The second-order valence-corrected chi connectivity index (χ2v) is 9.50. The molecule has 0 amide bonds. The Morgan fingerprint density at radius 2 is 2.04 bits per heavy atom. The van der Waals surface area contributed by atoms with Crippen LogP contribution in [0.5, 0.6) is 0 Å². The molecule has 0 aliphatic carbocycles. The van der Waals surface area contributed by atoms with E-state index in [0.717, 1.165) is 4.46 Å². The van der Waals surface area contributed by atoms with E-state index in [1.807, 2.05) is 44.4 Å². The molecule has 0 N–H and O–H groups in total. The van der Waals surface area contributed by atoms with Crippen molar-refractivity contribution in [3.05, 3.63) is 43.0 Å². The molecule has 2 aromatic heterocycles. The van der Waals surface area contributed by atoms with Crippen molar-refractivity contribution in [2.75, 3.05) is 14.1 Å². The van der Waals surface area contributed by atoms with Gasteiger partial charge in [0.15, 0.2) is 0 Å². The predicted octanol–water partition coefficient (Wildman–Crippen LogP) is 2.30. The van der Waals surface area contributed by atoms with Crippen molar-refractivity contribution in [3.8, 4) is 0 Å². The number of halogens is 2. The maximum absolute atomic E-state index is 15.3. The third kappa shape index (κ3) is 3.75. The van der Waals surface area contributed by atoms with Gasteiger partial charge in [-0.25, -0.2) is 0 Å². The molecule has 28 heavy (non-hydrogen) atoms. The third-order valence-corrected chi connectivity index (χ3v) is 7.64. The number of hydrogen-bond acceptors (Lipinski definition) is 5. The molecule has 0 spiro atoms. The first-order valence-corrected chi connectivity index (χ1v) is 10.9. The molecular formula is C18H18ClFN6OSe. The molecule has 1 aromatic carbocycles. The van der Waals surface area contributed by atoms with E-state index in [2.05, 4.69) is 19.9 Å². The number of ether oxygens (including phenoxy) is 1. The third-order valence-electron chi connectivity index (χ3n) is 4.15. The number of imidazole rings is 1. The number of fused-ring (bicyclic) bond motifs is 1. The van der Waals surface area contributed by atoms with Crippen LogP contribution in [0, 0.1) is 0 Å². The van der Waals surface area contributed by atoms with Gasteiger partial charge in [0.2, 0.25) is 0 Å². The number of hydrogen-bond donors (Lipinski definition) is 0. The monoisotopic (exact) mass is 468 g/mol. The van der Waals surface area contributed by atoms with E-state index in [9.17, 15) is 0 Å². The summed E-state index contributed by atoms with van der Waals surface area (Å²) in [5, 5.41) is 0. The molecule has 7 nitrogen and oxygen atoms in total. The summed E-state index contributed by atoms with van der Waals surface area (Å²) < 4.78 is 23.7. The molecule has 3 heterocycles. The maximum atomic E-state index is 15.3. The quantitative estimate of drug-likeness (QED) is 0.249. The topological polar surface area (TPSA) is 68.4 Å². The van der Waals surface area contributed by atoms with Crippen molar-refractivity contribution in [2.24, 2.45) is 4.99 Å². The van der Waals surface area contributed by atoms with Gasteiger partial charge in [-0.15, -0.1) is 0 Å². The number of rotatable bonds is 5. The van der Waals surface area contributed by atoms with Crippen LogP contribution in [-0.2, 0) is 4.74 Å². The Morgan fingerprint density at radius 3 is 2.79 bits per heavy atom. The Labute approximate surface area is 172 Å². The zero-order chi connectivity index (χ0) is 19.7. The van der Waals surface area contributed by atoms with E-state index in [-0.39, 0.29) is 15.0 Å². The molecule has 4 atom stereocenters. The van der Waals surface area contributed by atoms with Crippen molar-refractivity contribution in [1.29, 1.82) is 0 Å². The minimum atomic E-state index is -1.27. The van der Waals surface area contributed by atoms with Crippen LogP contribution in [0.1, 0.15) is 6.23 Å². The predicted molar refractivity (Wildman–Crippen MR) is 107 cm³/mol. The number of benzene rings is 1. The number of alkyl halides is 2. The fourth-order valence-corrected chi connectivity index (χ4v) is 5.62. The molecule has 3 aromatic rings. The zero-order valence-electron chi connectivity index (χ0n) is 15.2. The van der Waals surface area contributed by atoms with E-state index in [0.29, 0.717) is 17.0 Å². The molecule has 10 heteroatoms. The van der Waals surface area contributed by atoms with Gasteiger partial charge in [0, 0.05) is 0 Å². The second-order valence-electron chi connectivity index (χ2n) is 6.45. The van der Waals surface area contributed by atoms with Crippen LogP contribution in [0.15, 0.2) is 48.0 Å². The van der Waals surface area contributed by atoms with Crippen LogP contribution >= 0.6 is 11.6 Å². The fraction of sp³-hybridized carbons (Fsp3) is 0.333. The van der Waals surface area contributed by atoms with Gasteiger partial charge in [-0.1, -0.05) is 0 Å². The first-order chi connectivity index (χ1) is 13.5. The van der Waals surface area contributed by atoms with Crippen molar-refractivity contribution in [2.45, 2.75) is 22.8 Å². The van der Waals surface area contributed by atoms with Crippen molar-refractivity contribution in [1.82, 2.24) is 24.4 Å². The van der Waals surface area contributed by atoms with Crippen LogP contribution in [0.3, 0.4) is 0 Å². The van der Waals surface area contributed by atoms with Gasteiger partial charge in [-0.2, -0.15) is 0 Å².